The van der Waals surface area contributed by atoms with E-state index in [9.17, 15) is 0 Å². The molecule has 0 saturated heterocycles. The van der Waals surface area contributed by atoms with Crippen molar-refractivity contribution in [2.24, 2.45) is 0 Å². The van der Waals surface area contributed by atoms with Crippen molar-refractivity contribution >= 4 is 11.6 Å². The summed E-state index contributed by atoms with van der Waals surface area (Å²) in [6.45, 7) is 5.70. The van der Waals surface area contributed by atoms with E-state index < -0.39 is 0 Å². The van der Waals surface area contributed by atoms with E-state index in [4.69, 9.17) is 21.6 Å². The molecular formula is C9H14ClNO. The van der Waals surface area contributed by atoms with Gasteiger partial charge in [0.2, 0.25) is 0 Å². The Kier molecular flexibility index (Phi) is 4.77. The molecule has 3 heteroatoms. The van der Waals surface area contributed by atoms with Crippen LogP contribution in [0, 0.1) is 11.3 Å². The average Bonchev–Trinajstić information content (AvgIpc) is 1.95. The van der Waals surface area contributed by atoms with E-state index in [1.165, 1.54) is 0 Å². The van der Waals surface area contributed by atoms with Crippen LogP contribution >= 0.6 is 11.6 Å². The molecule has 0 N–H and O–H groups in total. The quantitative estimate of drug-likeness (QED) is 0.387. The molecule has 0 aromatic carbocycles. The van der Waals surface area contributed by atoms with Crippen molar-refractivity contribution in [3.8, 4) is 6.07 Å². The standard InChI is InChI=1S/C9H14ClNO/c1-9(2,3)12-8(7-11)5-4-6-10/h5H,4,6H2,1-3H3/b8-5+. The van der Waals surface area contributed by atoms with E-state index in [0.717, 1.165) is 0 Å². The van der Waals surface area contributed by atoms with Gasteiger partial charge in [-0.2, -0.15) is 5.26 Å². The fourth-order valence-corrected chi connectivity index (χ4v) is 0.735. The van der Waals surface area contributed by atoms with Crippen LogP contribution in [0.25, 0.3) is 0 Å². The first-order valence-corrected chi connectivity index (χ1v) is 4.38. The van der Waals surface area contributed by atoms with E-state index in [2.05, 4.69) is 0 Å². The van der Waals surface area contributed by atoms with Crippen molar-refractivity contribution in [1.29, 1.82) is 5.26 Å². The predicted molar refractivity (Wildman–Crippen MR) is 49.9 cm³/mol. The van der Waals surface area contributed by atoms with Crippen LogP contribution < -0.4 is 0 Å². The van der Waals surface area contributed by atoms with Crippen molar-refractivity contribution in [3.05, 3.63) is 11.8 Å². The van der Waals surface area contributed by atoms with Crippen molar-refractivity contribution in [1.82, 2.24) is 0 Å². The minimum absolute atomic E-state index is 0.312. The van der Waals surface area contributed by atoms with Crippen LogP contribution in [-0.4, -0.2) is 11.5 Å². The Morgan fingerprint density at radius 2 is 2.17 bits per heavy atom. The molecule has 0 aliphatic carbocycles. The summed E-state index contributed by atoms with van der Waals surface area (Å²) in [6.07, 6.45) is 2.37. The number of nitriles is 1. The van der Waals surface area contributed by atoms with E-state index in [1.807, 2.05) is 26.8 Å². The highest BCUT2D eigenvalue weighted by atomic mass is 35.5. The van der Waals surface area contributed by atoms with E-state index in [-0.39, 0.29) is 5.60 Å². The lowest BCUT2D eigenvalue weighted by Gasteiger charge is -2.19. The molecule has 0 aromatic rings. The maximum Gasteiger partial charge on any atom is 0.193 e. The lowest BCUT2D eigenvalue weighted by Crippen LogP contribution is -2.18. The van der Waals surface area contributed by atoms with Gasteiger partial charge in [0.25, 0.3) is 0 Å². The minimum Gasteiger partial charge on any atom is -0.478 e. The number of nitrogens with zero attached hydrogens (tertiary/aromatic N) is 1. The summed E-state index contributed by atoms with van der Waals surface area (Å²) in [4.78, 5) is 0. The topological polar surface area (TPSA) is 33.0 Å². The van der Waals surface area contributed by atoms with Gasteiger partial charge in [0.1, 0.15) is 11.7 Å². The van der Waals surface area contributed by atoms with Crippen LogP contribution in [0.15, 0.2) is 11.8 Å². The molecule has 0 unspecified atom stereocenters. The van der Waals surface area contributed by atoms with Gasteiger partial charge in [0.15, 0.2) is 5.76 Å². The van der Waals surface area contributed by atoms with E-state index in [1.54, 1.807) is 6.08 Å². The second kappa shape index (κ2) is 5.05. The number of halogens is 1. The molecule has 0 rings (SSSR count). The second-order valence-electron chi connectivity index (χ2n) is 3.37. The van der Waals surface area contributed by atoms with Gasteiger partial charge in [-0.25, -0.2) is 0 Å². The third-order valence-corrected chi connectivity index (χ3v) is 1.18. The lowest BCUT2D eigenvalue weighted by molar-refractivity contribution is 0.0611. The van der Waals surface area contributed by atoms with Gasteiger partial charge in [-0.3, -0.25) is 0 Å². The molecule has 0 heterocycles. The van der Waals surface area contributed by atoms with Gasteiger partial charge in [0.05, 0.1) is 0 Å². The molecular weight excluding hydrogens is 174 g/mol. The number of allylic oxidation sites excluding steroid dienone is 2. The molecule has 0 fully saturated rings. The van der Waals surface area contributed by atoms with Gasteiger partial charge in [-0.05, 0) is 33.3 Å². The first-order chi connectivity index (χ1) is 5.49. The van der Waals surface area contributed by atoms with Gasteiger partial charge in [-0.1, -0.05) is 0 Å². The smallest absolute Gasteiger partial charge is 0.193 e. The van der Waals surface area contributed by atoms with Crippen LogP contribution in [0.3, 0.4) is 0 Å². The fraction of sp³-hybridized carbons (Fsp3) is 0.667. The van der Waals surface area contributed by atoms with Crippen molar-refractivity contribution in [2.45, 2.75) is 32.8 Å². The Morgan fingerprint density at radius 1 is 1.58 bits per heavy atom. The fourth-order valence-electron chi connectivity index (χ4n) is 0.626. The second-order valence-corrected chi connectivity index (χ2v) is 3.75. The Balaban J connectivity index is 4.11. The highest BCUT2D eigenvalue weighted by molar-refractivity contribution is 6.17. The summed E-state index contributed by atoms with van der Waals surface area (Å²) in [5.74, 6) is 0.863. The summed E-state index contributed by atoms with van der Waals surface area (Å²) >= 11 is 5.46. The number of ether oxygens (including phenoxy) is 1. The zero-order valence-corrected chi connectivity index (χ0v) is 8.48. The van der Waals surface area contributed by atoms with E-state index >= 15 is 0 Å². The SMILES string of the molecule is CC(C)(C)O/C(C#N)=C/CCCl. The Hall–Kier alpha value is -0.680. The molecule has 68 valence electrons. The van der Waals surface area contributed by atoms with Crippen LogP contribution in [0.1, 0.15) is 27.2 Å². The molecule has 0 bridgehead atoms. The molecule has 0 aromatic heterocycles. The zero-order chi connectivity index (χ0) is 9.61. The number of rotatable bonds is 3. The normalized spacial score (nSPS) is 12.4. The number of hydrogen-bond acceptors (Lipinski definition) is 2. The summed E-state index contributed by atoms with van der Waals surface area (Å²) < 4.78 is 5.33. The summed E-state index contributed by atoms with van der Waals surface area (Å²) in [5, 5.41) is 8.63. The van der Waals surface area contributed by atoms with Crippen LogP contribution in [-0.2, 0) is 4.74 Å². The van der Waals surface area contributed by atoms with E-state index in [0.29, 0.717) is 18.1 Å². The molecule has 0 radical (unpaired) electrons. The van der Waals surface area contributed by atoms with Crippen LogP contribution in [0.4, 0.5) is 0 Å². The molecule has 0 saturated carbocycles. The Morgan fingerprint density at radius 3 is 2.50 bits per heavy atom. The monoisotopic (exact) mass is 187 g/mol. The summed E-state index contributed by atoms with van der Waals surface area (Å²) in [7, 11) is 0. The molecule has 0 atom stereocenters. The maximum absolute atomic E-state index is 8.63. The van der Waals surface area contributed by atoms with Crippen molar-refractivity contribution < 1.29 is 4.74 Å². The zero-order valence-electron chi connectivity index (χ0n) is 7.72. The van der Waals surface area contributed by atoms with Crippen LogP contribution in [0.2, 0.25) is 0 Å². The van der Waals surface area contributed by atoms with Gasteiger partial charge < -0.3 is 4.74 Å². The molecule has 0 amide bonds. The first-order valence-electron chi connectivity index (χ1n) is 3.85. The minimum atomic E-state index is -0.312. The van der Waals surface area contributed by atoms with Gasteiger partial charge in [0, 0.05) is 5.88 Å². The van der Waals surface area contributed by atoms with Gasteiger partial charge in [-0.15, -0.1) is 11.6 Å². The highest BCUT2D eigenvalue weighted by Crippen LogP contribution is 2.13. The number of alkyl halides is 1. The third kappa shape index (κ3) is 6.06. The Labute approximate surface area is 78.8 Å². The largest absolute Gasteiger partial charge is 0.478 e. The molecule has 0 spiro atoms. The predicted octanol–water partition coefficient (Wildman–Crippen LogP) is 2.84. The number of hydrogen-bond donors (Lipinski definition) is 0. The third-order valence-electron chi connectivity index (χ3n) is 0.965. The molecule has 2 nitrogen and oxygen atoms in total. The first kappa shape index (κ1) is 11.3. The summed E-state index contributed by atoms with van der Waals surface area (Å²) in [5.41, 5.74) is -0.312. The maximum atomic E-state index is 8.63. The molecule has 0 aliphatic heterocycles. The molecule has 0 aliphatic rings. The van der Waals surface area contributed by atoms with Gasteiger partial charge >= 0.3 is 0 Å². The summed E-state index contributed by atoms with van der Waals surface area (Å²) in [6, 6.07) is 1.97. The van der Waals surface area contributed by atoms with Crippen LogP contribution in [0.5, 0.6) is 0 Å². The van der Waals surface area contributed by atoms with Crippen molar-refractivity contribution in [3.63, 3.8) is 0 Å². The lowest BCUT2D eigenvalue weighted by atomic mass is 10.2. The highest BCUT2D eigenvalue weighted by Gasteiger charge is 2.12. The molecule has 12 heavy (non-hydrogen) atoms. The van der Waals surface area contributed by atoms with Crippen molar-refractivity contribution in [2.75, 3.05) is 5.88 Å². The Bertz CT molecular complexity index is 198. The average molecular weight is 188 g/mol.